The molecule has 3 rings (SSSR count). The first-order valence-electron chi connectivity index (χ1n) is 9.17. The molecule has 0 aromatic heterocycles. The number of thioether (sulfide) groups is 1. The van der Waals surface area contributed by atoms with Gasteiger partial charge in [-0.05, 0) is 43.3 Å². The molecule has 0 radical (unpaired) electrons. The number of likely N-dealkylation sites (N-methyl/N-ethyl adjacent to an activating group) is 1. The molecular weight excluding hydrogens is 384 g/mol. The van der Waals surface area contributed by atoms with Crippen LogP contribution in [0.15, 0.2) is 29.2 Å². The molecule has 2 heterocycles. The van der Waals surface area contributed by atoms with E-state index in [9.17, 15) is 13.2 Å². The SMILES string of the molecule is CN1C(c2ccc(S(C)(=O)=O)cc2)CNC(C(N)=O)C1NCC1CCCS1. The number of benzene rings is 1. The fourth-order valence-electron chi connectivity index (χ4n) is 3.79. The number of rotatable bonds is 6. The molecule has 4 atom stereocenters. The standard InChI is InChI=1S/C18H28N4O3S2/c1-22-15(12-5-7-14(8-6-12)27(2,24)25)11-20-16(17(19)23)18(22)21-10-13-4-3-9-26-13/h5-8,13,15-16,18,20-21H,3-4,9-11H2,1-2H3,(H2,19,23). The van der Waals surface area contributed by atoms with Crippen LogP contribution in [0, 0.1) is 0 Å². The summed E-state index contributed by atoms with van der Waals surface area (Å²) in [5.41, 5.74) is 6.62. The van der Waals surface area contributed by atoms with Gasteiger partial charge in [0.25, 0.3) is 0 Å². The van der Waals surface area contributed by atoms with Gasteiger partial charge in [-0.15, -0.1) is 0 Å². The van der Waals surface area contributed by atoms with Crippen LogP contribution >= 0.6 is 11.8 Å². The van der Waals surface area contributed by atoms with Crippen LogP contribution in [-0.2, 0) is 14.6 Å². The maximum Gasteiger partial charge on any atom is 0.237 e. The normalized spacial score (nSPS) is 29.7. The summed E-state index contributed by atoms with van der Waals surface area (Å²) in [4.78, 5) is 14.4. The van der Waals surface area contributed by atoms with Crippen molar-refractivity contribution in [1.29, 1.82) is 0 Å². The quantitative estimate of drug-likeness (QED) is 0.618. The van der Waals surface area contributed by atoms with Crippen molar-refractivity contribution in [3.05, 3.63) is 29.8 Å². The highest BCUT2D eigenvalue weighted by molar-refractivity contribution is 8.00. The number of nitrogens with zero attached hydrogens (tertiary/aromatic N) is 1. The second kappa shape index (κ2) is 8.48. The Balaban J connectivity index is 1.75. The summed E-state index contributed by atoms with van der Waals surface area (Å²) >= 11 is 1.97. The zero-order chi connectivity index (χ0) is 19.6. The van der Waals surface area contributed by atoms with Gasteiger partial charge in [0.15, 0.2) is 9.84 Å². The molecule has 1 amide bonds. The van der Waals surface area contributed by atoms with Gasteiger partial charge in [0.1, 0.15) is 6.04 Å². The van der Waals surface area contributed by atoms with Crippen LogP contribution in [0.25, 0.3) is 0 Å². The molecule has 2 aliphatic heterocycles. The Hall–Kier alpha value is -1.13. The topological polar surface area (TPSA) is 105 Å². The number of primary amides is 1. The van der Waals surface area contributed by atoms with Crippen LogP contribution in [0.5, 0.6) is 0 Å². The van der Waals surface area contributed by atoms with Gasteiger partial charge in [-0.1, -0.05) is 12.1 Å². The minimum atomic E-state index is -3.22. The summed E-state index contributed by atoms with van der Waals surface area (Å²) in [6.45, 7) is 1.41. The first kappa shape index (κ1) is 20.6. The summed E-state index contributed by atoms with van der Waals surface area (Å²) < 4.78 is 23.4. The second-order valence-electron chi connectivity index (χ2n) is 7.30. The third-order valence-corrected chi connectivity index (χ3v) is 7.88. The first-order valence-corrected chi connectivity index (χ1v) is 12.1. The van der Waals surface area contributed by atoms with Crippen molar-refractivity contribution < 1.29 is 13.2 Å². The predicted molar refractivity (Wildman–Crippen MR) is 108 cm³/mol. The van der Waals surface area contributed by atoms with E-state index in [4.69, 9.17) is 5.73 Å². The molecular formula is C18H28N4O3S2. The summed E-state index contributed by atoms with van der Waals surface area (Å²) in [6, 6.07) is 6.50. The fraction of sp³-hybridized carbons (Fsp3) is 0.611. The molecule has 2 aliphatic rings. The van der Waals surface area contributed by atoms with Crippen molar-refractivity contribution in [3.8, 4) is 0 Å². The predicted octanol–water partition coefficient (Wildman–Crippen LogP) is 0.331. The Bertz CT molecular complexity index is 763. The number of hydrogen-bond acceptors (Lipinski definition) is 7. The van der Waals surface area contributed by atoms with Crippen molar-refractivity contribution >= 4 is 27.5 Å². The van der Waals surface area contributed by atoms with Crippen molar-refractivity contribution in [3.63, 3.8) is 0 Å². The van der Waals surface area contributed by atoms with Gasteiger partial charge < -0.3 is 11.1 Å². The van der Waals surface area contributed by atoms with Gasteiger partial charge in [0.2, 0.25) is 5.91 Å². The highest BCUT2D eigenvalue weighted by Crippen LogP contribution is 2.28. The molecule has 2 saturated heterocycles. The van der Waals surface area contributed by atoms with E-state index in [-0.39, 0.29) is 18.1 Å². The van der Waals surface area contributed by atoms with Crippen LogP contribution < -0.4 is 16.4 Å². The Morgan fingerprint density at radius 3 is 2.63 bits per heavy atom. The van der Waals surface area contributed by atoms with Gasteiger partial charge in [0, 0.05) is 30.6 Å². The number of hydrogen-bond donors (Lipinski definition) is 3. The Kier molecular flexibility index (Phi) is 6.47. The molecule has 0 bridgehead atoms. The minimum absolute atomic E-state index is 0.0166. The van der Waals surface area contributed by atoms with Crippen LogP contribution in [0.2, 0.25) is 0 Å². The largest absolute Gasteiger partial charge is 0.368 e. The van der Waals surface area contributed by atoms with Crippen LogP contribution in [0.3, 0.4) is 0 Å². The minimum Gasteiger partial charge on any atom is -0.368 e. The molecule has 1 aromatic rings. The fourth-order valence-corrected chi connectivity index (χ4v) is 5.63. The zero-order valence-corrected chi connectivity index (χ0v) is 17.4. The van der Waals surface area contributed by atoms with E-state index in [1.54, 1.807) is 12.1 Å². The average Bonchev–Trinajstić information content (AvgIpc) is 3.13. The molecule has 0 saturated carbocycles. The highest BCUT2D eigenvalue weighted by Gasteiger charge is 2.38. The number of carbonyl (C=O) groups excluding carboxylic acids is 1. The van der Waals surface area contributed by atoms with Crippen molar-refractivity contribution in [2.24, 2.45) is 5.73 Å². The number of piperazine rings is 1. The lowest BCUT2D eigenvalue weighted by Crippen LogP contribution is -2.67. The molecule has 0 aliphatic carbocycles. The van der Waals surface area contributed by atoms with E-state index in [1.165, 1.54) is 24.9 Å². The second-order valence-corrected chi connectivity index (χ2v) is 10.7. The molecule has 2 fully saturated rings. The lowest BCUT2D eigenvalue weighted by Gasteiger charge is -2.44. The molecule has 150 valence electrons. The number of nitrogens with one attached hydrogen (secondary N) is 2. The van der Waals surface area contributed by atoms with Gasteiger partial charge in [-0.2, -0.15) is 11.8 Å². The Labute approximate surface area is 165 Å². The van der Waals surface area contributed by atoms with Gasteiger partial charge in [-0.3, -0.25) is 15.0 Å². The molecule has 0 spiro atoms. The van der Waals surface area contributed by atoms with Gasteiger partial charge >= 0.3 is 0 Å². The molecule has 1 aromatic carbocycles. The average molecular weight is 413 g/mol. The Morgan fingerprint density at radius 1 is 1.37 bits per heavy atom. The molecule has 27 heavy (non-hydrogen) atoms. The Morgan fingerprint density at radius 2 is 2.07 bits per heavy atom. The molecule has 4 unspecified atom stereocenters. The van der Waals surface area contributed by atoms with E-state index in [1.807, 2.05) is 30.9 Å². The summed E-state index contributed by atoms with van der Waals surface area (Å²) in [6.07, 6.45) is 3.43. The lowest BCUT2D eigenvalue weighted by atomic mass is 9.99. The number of sulfone groups is 1. The van der Waals surface area contributed by atoms with Crippen LogP contribution in [-0.4, -0.2) is 68.8 Å². The summed E-state index contributed by atoms with van der Waals surface area (Å²) in [7, 11) is -1.24. The zero-order valence-electron chi connectivity index (χ0n) is 15.7. The summed E-state index contributed by atoms with van der Waals surface area (Å²) in [5, 5.41) is 7.36. The molecule has 7 nitrogen and oxygen atoms in total. The van der Waals surface area contributed by atoms with Crippen molar-refractivity contribution in [2.75, 3.05) is 32.1 Å². The number of amides is 1. The monoisotopic (exact) mass is 412 g/mol. The van der Waals surface area contributed by atoms with Gasteiger partial charge in [0.05, 0.1) is 11.1 Å². The molecule has 9 heteroatoms. The smallest absolute Gasteiger partial charge is 0.237 e. The van der Waals surface area contributed by atoms with E-state index in [0.29, 0.717) is 16.7 Å². The van der Waals surface area contributed by atoms with E-state index >= 15 is 0 Å². The maximum atomic E-state index is 11.9. The van der Waals surface area contributed by atoms with Gasteiger partial charge in [-0.25, -0.2) is 8.42 Å². The van der Waals surface area contributed by atoms with Crippen LogP contribution in [0.4, 0.5) is 0 Å². The number of nitrogens with two attached hydrogens (primary N) is 1. The van der Waals surface area contributed by atoms with E-state index < -0.39 is 15.9 Å². The summed E-state index contributed by atoms with van der Waals surface area (Å²) in [5.74, 6) is 0.823. The third-order valence-electron chi connectivity index (χ3n) is 5.36. The van der Waals surface area contributed by atoms with E-state index in [0.717, 1.165) is 12.1 Å². The van der Waals surface area contributed by atoms with Crippen LogP contribution in [0.1, 0.15) is 24.4 Å². The molecule has 4 N–H and O–H groups in total. The first-order chi connectivity index (χ1) is 12.8. The maximum absolute atomic E-state index is 11.9. The van der Waals surface area contributed by atoms with Crippen molar-refractivity contribution in [2.45, 2.75) is 41.2 Å². The van der Waals surface area contributed by atoms with E-state index in [2.05, 4.69) is 15.5 Å². The highest BCUT2D eigenvalue weighted by atomic mass is 32.2. The number of carbonyl (C=O) groups is 1. The lowest BCUT2D eigenvalue weighted by molar-refractivity contribution is -0.123. The van der Waals surface area contributed by atoms with Crippen molar-refractivity contribution in [1.82, 2.24) is 15.5 Å². The third kappa shape index (κ3) is 4.83.